The van der Waals surface area contributed by atoms with Crippen LogP contribution in [0.3, 0.4) is 0 Å². The lowest BCUT2D eigenvalue weighted by atomic mass is 10.2. The molecule has 0 radical (unpaired) electrons. The molecule has 1 aliphatic carbocycles. The third-order valence-corrected chi connectivity index (χ3v) is 5.23. The van der Waals surface area contributed by atoms with Crippen molar-refractivity contribution in [2.45, 2.75) is 25.4 Å². The number of carbonyl (C=O) groups excluding carboxylic acids is 2. The molecule has 152 valence electrons. The van der Waals surface area contributed by atoms with Crippen LogP contribution in [0.4, 0.5) is 0 Å². The second-order valence-electron chi connectivity index (χ2n) is 7.61. The van der Waals surface area contributed by atoms with Gasteiger partial charge < -0.3 is 10.2 Å². The van der Waals surface area contributed by atoms with Crippen molar-refractivity contribution >= 4 is 11.8 Å². The Labute approximate surface area is 169 Å². The standard InChI is InChI=1S/C21H25N5O3/c27-19(22-17-6-7-17)15-24-10-12-25(13-11-24)21(29)18-8-9-20(28)26(23-18)14-16-4-2-1-3-5-16/h1-5,8-9,17H,6-7,10-15H2,(H,22,27). The topological polar surface area (TPSA) is 87.5 Å². The van der Waals surface area contributed by atoms with E-state index in [4.69, 9.17) is 0 Å². The van der Waals surface area contributed by atoms with Gasteiger partial charge in [-0.25, -0.2) is 4.68 Å². The van der Waals surface area contributed by atoms with Crippen molar-refractivity contribution in [2.75, 3.05) is 32.7 Å². The normalized spacial score (nSPS) is 17.2. The summed E-state index contributed by atoms with van der Waals surface area (Å²) in [4.78, 5) is 40.7. The van der Waals surface area contributed by atoms with Gasteiger partial charge in [0.2, 0.25) is 5.91 Å². The van der Waals surface area contributed by atoms with Crippen molar-refractivity contribution < 1.29 is 9.59 Å². The maximum absolute atomic E-state index is 12.8. The van der Waals surface area contributed by atoms with Crippen LogP contribution in [0.1, 0.15) is 28.9 Å². The molecule has 2 heterocycles. The number of hydrogen-bond acceptors (Lipinski definition) is 5. The van der Waals surface area contributed by atoms with Gasteiger partial charge in [0.05, 0.1) is 13.1 Å². The SMILES string of the molecule is O=C(CN1CCN(C(=O)c2ccc(=O)n(Cc3ccccc3)n2)CC1)NC1CC1. The number of nitrogens with one attached hydrogen (secondary N) is 1. The van der Waals surface area contributed by atoms with Crippen molar-refractivity contribution in [3.63, 3.8) is 0 Å². The summed E-state index contributed by atoms with van der Waals surface area (Å²) in [7, 11) is 0. The number of hydrogen-bond donors (Lipinski definition) is 1. The minimum absolute atomic E-state index is 0.0573. The number of piperazine rings is 1. The molecular weight excluding hydrogens is 370 g/mol. The second-order valence-corrected chi connectivity index (χ2v) is 7.61. The van der Waals surface area contributed by atoms with Gasteiger partial charge >= 0.3 is 0 Å². The van der Waals surface area contributed by atoms with Gasteiger partial charge in [0.15, 0.2) is 0 Å². The van der Waals surface area contributed by atoms with Gasteiger partial charge in [-0.1, -0.05) is 30.3 Å². The molecule has 0 unspecified atom stereocenters. The maximum Gasteiger partial charge on any atom is 0.274 e. The van der Waals surface area contributed by atoms with Crippen molar-refractivity contribution in [1.29, 1.82) is 0 Å². The van der Waals surface area contributed by atoms with E-state index in [1.807, 2.05) is 30.3 Å². The zero-order chi connectivity index (χ0) is 20.2. The van der Waals surface area contributed by atoms with Gasteiger partial charge in [0, 0.05) is 38.3 Å². The van der Waals surface area contributed by atoms with Gasteiger partial charge in [0.1, 0.15) is 5.69 Å². The molecule has 1 saturated carbocycles. The lowest BCUT2D eigenvalue weighted by Gasteiger charge is -2.34. The van der Waals surface area contributed by atoms with Crippen LogP contribution < -0.4 is 10.9 Å². The van der Waals surface area contributed by atoms with Gasteiger partial charge in [-0.15, -0.1) is 0 Å². The summed E-state index contributed by atoms with van der Waals surface area (Å²) < 4.78 is 1.32. The highest BCUT2D eigenvalue weighted by atomic mass is 16.2. The summed E-state index contributed by atoms with van der Waals surface area (Å²) in [5.74, 6) is -0.129. The van der Waals surface area contributed by atoms with Gasteiger partial charge in [-0.05, 0) is 24.5 Å². The van der Waals surface area contributed by atoms with Gasteiger partial charge in [-0.3, -0.25) is 19.3 Å². The van der Waals surface area contributed by atoms with Gasteiger partial charge in [-0.2, -0.15) is 5.10 Å². The molecule has 0 atom stereocenters. The fourth-order valence-corrected chi connectivity index (χ4v) is 3.41. The van der Waals surface area contributed by atoms with E-state index in [-0.39, 0.29) is 23.1 Å². The Morgan fingerprint density at radius 3 is 2.41 bits per heavy atom. The fourth-order valence-electron chi connectivity index (χ4n) is 3.41. The zero-order valence-electron chi connectivity index (χ0n) is 16.3. The van der Waals surface area contributed by atoms with E-state index < -0.39 is 0 Å². The Bertz CT molecular complexity index is 931. The van der Waals surface area contributed by atoms with Crippen LogP contribution in [-0.2, 0) is 11.3 Å². The molecule has 4 rings (SSSR count). The molecule has 8 heteroatoms. The molecule has 2 fully saturated rings. The largest absolute Gasteiger partial charge is 0.352 e. The smallest absolute Gasteiger partial charge is 0.274 e. The van der Waals surface area contributed by atoms with Crippen LogP contribution in [0.25, 0.3) is 0 Å². The Balaban J connectivity index is 1.35. The highest BCUT2D eigenvalue weighted by Crippen LogP contribution is 2.18. The molecule has 1 saturated heterocycles. The Kier molecular flexibility index (Phi) is 5.71. The highest BCUT2D eigenvalue weighted by molar-refractivity contribution is 5.92. The minimum Gasteiger partial charge on any atom is -0.352 e. The second kappa shape index (κ2) is 8.57. The van der Waals surface area contributed by atoms with Crippen molar-refractivity contribution in [3.05, 3.63) is 64.1 Å². The van der Waals surface area contributed by atoms with Crippen LogP contribution in [0.15, 0.2) is 47.3 Å². The quantitative estimate of drug-likeness (QED) is 0.762. The number of amides is 2. The van der Waals surface area contributed by atoms with Crippen LogP contribution in [-0.4, -0.2) is 70.2 Å². The lowest BCUT2D eigenvalue weighted by molar-refractivity contribution is -0.122. The molecule has 0 spiro atoms. The molecule has 1 aromatic carbocycles. The fraction of sp³-hybridized carbons (Fsp3) is 0.429. The van der Waals surface area contributed by atoms with Gasteiger partial charge in [0.25, 0.3) is 11.5 Å². The van der Waals surface area contributed by atoms with E-state index in [0.29, 0.717) is 45.3 Å². The number of aromatic nitrogens is 2. The van der Waals surface area contributed by atoms with Crippen molar-refractivity contribution in [2.24, 2.45) is 0 Å². The first kappa shape index (κ1) is 19.3. The number of benzene rings is 1. The Morgan fingerprint density at radius 1 is 1.00 bits per heavy atom. The molecule has 8 nitrogen and oxygen atoms in total. The van der Waals surface area contributed by atoms with E-state index in [1.165, 1.54) is 16.8 Å². The van der Waals surface area contributed by atoms with Crippen molar-refractivity contribution in [3.8, 4) is 0 Å². The van der Waals surface area contributed by atoms with E-state index in [9.17, 15) is 14.4 Å². The first-order valence-electron chi connectivity index (χ1n) is 10.0. The average molecular weight is 395 g/mol. The predicted octanol–water partition coefficient (Wildman–Crippen LogP) is 0.328. The lowest BCUT2D eigenvalue weighted by Crippen LogP contribution is -2.51. The maximum atomic E-state index is 12.8. The number of nitrogens with zero attached hydrogens (tertiary/aromatic N) is 4. The minimum atomic E-state index is -0.239. The van der Waals surface area contributed by atoms with Crippen LogP contribution in [0, 0.1) is 0 Å². The summed E-state index contributed by atoms with van der Waals surface area (Å²) >= 11 is 0. The molecule has 1 N–H and O–H groups in total. The third kappa shape index (κ3) is 5.08. The molecule has 1 aromatic heterocycles. The summed E-state index contributed by atoms with van der Waals surface area (Å²) in [6, 6.07) is 12.8. The van der Waals surface area contributed by atoms with Crippen LogP contribution in [0.5, 0.6) is 0 Å². The van der Waals surface area contributed by atoms with Crippen molar-refractivity contribution in [1.82, 2.24) is 24.9 Å². The zero-order valence-corrected chi connectivity index (χ0v) is 16.3. The average Bonchev–Trinajstić information content (AvgIpc) is 3.54. The predicted molar refractivity (Wildman–Crippen MR) is 108 cm³/mol. The molecule has 2 amide bonds. The molecule has 0 bridgehead atoms. The molecule has 2 aliphatic rings. The Hall–Kier alpha value is -3.00. The highest BCUT2D eigenvalue weighted by Gasteiger charge is 2.27. The van der Waals surface area contributed by atoms with Crippen LogP contribution >= 0.6 is 0 Å². The van der Waals surface area contributed by atoms with E-state index in [1.54, 1.807) is 4.90 Å². The molecule has 2 aromatic rings. The number of carbonyl (C=O) groups is 2. The monoisotopic (exact) mass is 395 g/mol. The summed E-state index contributed by atoms with van der Waals surface area (Å²) in [6.45, 7) is 3.06. The van der Waals surface area contributed by atoms with E-state index >= 15 is 0 Å². The van der Waals surface area contributed by atoms with E-state index in [0.717, 1.165) is 18.4 Å². The first-order chi connectivity index (χ1) is 14.1. The van der Waals surface area contributed by atoms with E-state index in [2.05, 4.69) is 15.3 Å². The van der Waals surface area contributed by atoms with Crippen LogP contribution in [0.2, 0.25) is 0 Å². The Morgan fingerprint density at radius 2 is 1.72 bits per heavy atom. The third-order valence-electron chi connectivity index (χ3n) is 5.23. The summed E-state index contributed by atoms with van der Waals surface area (Å²) in [6.07, 6.45) is 2.15. The molecule has 29 heavy (non-hydrogen) atoms. The molecular formula is C21H25N5O3. The first-order valence-corrected chi connectivity index (χ1v) is 10.0. The summed E-state index contributed by atoms with van der Waals surface area (Å²) in [5, 5.41) is 7.27. The number of rotatable bonds is 6. The summed E-state index contributed by atoms with van der Waals surface area (Å²) in [5.41, 5.74) is 0.974. The molecule has 1 aliphatic heterocycles.